The first-order chi connectivity index (χ1) is 12.4. The number of fused-ring (bicyclic) bond motifs is 2. The number of benzene rings is 1. The highest BCUT2D eigenvalue weighted by Gasteiger charge is 2.20. The average molecular weight is 346 g/mol. The second kappa shape index (κ2) is 6.10. The molecule has 0 amide bonds. The van der Waals surface area contributed by atoms with Crippen molar-refractivity contribution in [3.63, 3.8) is 0 Å². The van der Waals surface area contributed by atoms with Crippen LogP contribution in [-0.2, 0) is 19.5 Å². The molecular weight excluding hydrogens is 328 g/mol. The fourth-order valence-electron chi connectivity index (χ4n) is 3.54. The smallest absolute Gasteiger partial charge is 0.169 e. The van der Waals surface area contributed by atoms with Crippen LogP contribution in [0, 0.1) is 0 Å². The van der Waals surface area contributed by atoms with Gasteiger partial charge >= 0.3 is 0 Å². The minimum atomic E-state index is 0.860. The number of nitrogens with one attached hydrogen (secondary N) is 1. The van der Waals surface area contributed by atoms with Crippen LogP contribution in [0.5, 0.6) is 0 Å². The Hall–Kier alpha value is -2.50. The van der Waals surface area contributed by atoms with Crippen molar-refractivity contribution in [3.05, 3.63) is 71.0 Å². The molecule has 3 aromatic heterocycles. The molecule has 5 heteroatoms. The molecule has 1 aliphatic heterocycles. The van der Waals surface area contributed by atoms with E-state index in [2.05, 4.69) is 56.8 Å². The van der Waals surface area contributed by atoms with Gasteiger partial charge in [-0.3, -0.25) is 4.90 Å². The highest BCUT2D eigenvalue weighted by molar-refractivity contribution is 7.13. The van der Waals surface area contributed by atoms with Gasteiger partial charge in [0.25, 0.3) is 0 Å². The van der Waals surface area contributed by atoms with Gasteiger partial charge in [-0.05, 0) is 23.1 Å². The van der Waals surface area contributed by atoms with Crippen molar-refractivity contribution in [2.24, 2.45) is 0 Å². The molecule has 1 aromatic carbocycles. The summed E-state index contributed by atoms with van der Waals surface area (Å²) in [7, 11) is 0. The molecule has 4 nitrogen and oxygen atoms in total. The molecule has 0 aliphatic carbocycles. The summed E-state index contributed by atoms with van der Waals surface area (Å²) < 4.78 is 0. The van der Waals surface area contributed by atoms with Gasteiger partial charge < -0.3 is 4.98 Å². The van der Waals surface area contributed by atoms with Crippen LogP contribution in [0.1, 0.15) is 16.8 Å². The second-order valence-corrected chi connectivity index (χ2v) is 7.41. The molecule has 5 rings (SSSR count). The molecule has 0 unspecified atom stereocenters. The lowest BCUT2D eigenvalue weighted by Crippen LogP contribution is -2.30. The highest BCUT2D eigenvalue weighted by Crippen LogP contribution is 2.26. The summed E-state index contributed by atoms with van der Waals surface area (Å²) >= 11 is 1.69. The number of hydrogen-bond donors (Lipinski definition) is 1. The number of thiophene rings is 1. The van der Waals surface area contributed by atoms with E-state index in [1.165, 1.54) is 27.7 Å². The maximum atomic E-state index is 4.80. The predicted molar refractivity (Wildman–Crippen MR) is 101 cm³/mol. The lowest BCUT2D eigenvalue weighted by Gasteiger charge is -2.27. The van der Waals surface area contributed by atoms with Gasteiger partial charge in [0, 0.05) is 54.9 Å². The summed E-state index contributed by atoms with van der Waals surface area (Å²) in [6.45, 7) is 2.91. The Morgan fingerprint density at radius 2 is 2.12 bits per heavy atom. The Morgan fingerprint density at radius 1 is 1.16 bits per heavy atom. The normalized spacial score (nSPS) is 14.7. The van der Waals surface area contributed by atoms with Crippen LogP contribution in [0.25, 0.3) is 21.6 Å². The monoisotopic (exact) mass is 346 g/mol. The van der Waals surface area contributed by atoms with E-state index in [9.17, 15) is 0 Å². The molecule has 0 bridgehead atoms. The van der Waals surface area contributed by atoms with E-state index >= 15 is 0 Å². The summed E-state index contributed by atoms with van der Waals surface area (Å²) in [6.07, 6.45) is 5.13. The Morgan fingerprint density at radius 3 is 3.04 bits per heavy atom. The SMILES string of the molecule is c1csc(-c2ncc3c(n2)CCN(Cc2c[nH]c4ccccc24)C3)c1. The number of H-pyrrole nitrogens is 1. The number of aromatic nitrogens is 3. The highest BCUT2D eigenvalue weighted by atomic mass is 32.1. The molecule has 0 saturated heterocycles. The first kappa shape index (κ1) is 14.8. The van der Waals surface area contributed by atoms with E-state index in [-0.39, 0.29) is 0 Å². The summed E-state index contributed by atoms with van der Waals surface area (Å²) in [5.74, 6) is 0.860. The number of para-hydroxylation sites is 1. The topological polar surface area (TPSA) is 44.8 Å². The van der Waals surface area contributed by atoms with E-state index in [4.69, 9.17) is 4.98 Å². The number of aromatic amines is 1. The first-order valence-corrected chi connectivity index (χ1v) is 9.41. The van der Waals surface area contributed by atoms with Crippen molar-refractivity contribution in [1.29, 1.82) is 0 Å². The standard InChI is InChI=1S/C20H18N4S/c1-2-5-18-16(4-1)14(10-21-18)12-24-8-7-17-15(13-24)11-22-20(23-17)19-6-3-9-25-19/h1-6,9-11,21H,7-8,12-13H2. The van der Waals surface area contributed by atoms with Crippen molar-refractivity contribution in [2.45, 2.75) is 19.5 Å². The number of nitrogens with zero attached hydrogens (tertiary/aromatic N) is 3. The zero-order chi connectivity index (χ0) is 16.6. The predicted octanol–water partition coefficient (Wildman–Crippen LogP) is 4.24. The summed E-state index contributed by atoms with van der Waals surface area (Å²) in [5, 5.41) is 3.39. The Kier molecular flexibility index (Phi) is 3.61. The van der Waals surface area contributed by atoms with Crippen molar-refractivity contribution in [2.75, 3.05) is 6.54 Å². The van der Waals surface area contributed by atoms with Gasteiger partial charge in [0.15, 0.2) is 5.82 Å². The second-order valence-electron chi connectivity index (χ2n) is 6.46. The van der Waals surface area contributed by atoms with E-state index in [0.717, 1.165) is 36.8 Å². The zero-order valence-electron chi connectivity index (χ0n) is 13.8. The molecule has 0 atom stereocenters. The van der Waals surface area contributed by atoms with Gasteiger partial charge in [0.2, 0.25) is 0 Å². The third-order valence-corrected chi connectivity index (χ3v) is 5.69. The molecule has 0 radical (unpaired) electrons. The van der Waals surface area contributed by atoms with Crippen LogP contribution in [-0.4, -0.2) is 26.4 Å². The van der Waals surface area contributed by atoms with Crippen molar-refractivity contribution >= 4 is 22.2 Å². The lowest BCUT2D eigenvalue weighted by molar-refractivity contribution is 0.244. The van der Waals surface area contributed by atoms with E-state index in [1.54, 1.807) is 11.3 Å². The summed E-state index contributed by atoms with van der Waals surface area (Å²) in [5.41, 5.74) is 5.02. The minimum absolute atomic E-state index is 0.860. The molecule has 1 N–H and O–H groups in total. The molecule has 1 aliphatic rings. The maximum absolute atomic E-state index is 4.80. The molecule has 4 heterocycles. The molecule has 25 heavy (non-hydrogen) atoms. The fourth-order valence-corrected chi connectivity index (χ4v) is 4.20. The quantitative estimate of drug-likeness (QED) is 0.603. The van der Waals surface area contributed by atoms with Crippen molar-refractivity contribution in [1.82, 2.24) is 19.9 Å². The maximum Gasteiger partial charge on any atom is 0.169 e. The Bertz CT molecular complexity index is 1020. The summed E-state index contributed by atoms with van der Waals surface area (Å²) in [6, 6.07) is 12.6. The van der Waals surface area contributed by atoms with Gasteiger partial charge in [0.05, 0.1) is 10.6 Å². The third-order valence-electron chi connectivity index (χ3n) is 4.82. The average Bonchev–Trinajstić information content (AvgIpc) is 3.32. The summed E-state index contributed by atoms with van der Waals surface area (Å²) in [4.78, 5) is 16.4. The largest absolute Gasteiger partial charge is 0.361 e. The zero-order valence-corrected chi connectivity index (χ0v) is 14.6. The van der Waals surface area contributed by atoms with Gasteiger partial charge in [-0.15, -0.1) is 11.3 Å². The van der Waals surface area contributed by atoms with Crippen LogP contribution in [0.4, 0.5) is 0 Å². The van der Waals surface area contributed by atoms with Gasteiger partial charge in [-0.1, -0.05) is 24.3 Å². The van der Waals surface area contributed by atoms with Crippen LogP contribution < -0.4 is 0 Å². The van der Waals surface area contributed by atoms with Crippen LogP contribution in [0.3, 0.4) is 0 Å². The van der Waals surface area contributed by atoms with Gasteiger partial charge in [0.1, 0.15) is 0 Å². The Labute approximate surface area is 150 Å². The minimum Gasteiger partial charge on any atom is -0.361 e. The van der Waals surface area contributed by atoms with Crippen molar-refractivity contribution < 1.29 is 0 Å². The third kappa shape index (κ3) is 2.75. The lowest BCUT2D eigenvalue weighted by atomic mass is 10.1. The van der Waals surface area contributed by atoms with Crippen LogP contribution in [0.2, 0.25) is 0 Å². The number of hydrogen-bond acceptors (Lipinski definition) is 4. The molecule has 0 spiro atoms. The molecule has 4 aromatic rings. The first-order valence-electron chi connectivity index (χ1n) is 8.53. The molecule has 0 fully saturated rings. The van der Waals surface area contributed by atoms with E-state index < -0.39 is 0 Å². The van der Waals surface area contributed by atoms with Gasteiger partial charge in [-0.25, -0.2) is 9.97 Å². The Balaban J connectivity index is 1.37. The molecule has 0 saturated carbocycles. The number of rotatable bonds is 3. The van der Waals surface area contributed by atoms with Crippen LogP contribution >= 0.6 is 11.3 Å². The fraction of sp³-hybridized carbons (Fsp3) is 0.200. The van der Waals surface area contributed by atoms with E-state index in [1.807, 2.05) is 12.3 Å². The van der Waals surface area contributed by atoms with Crippen LogP contribution in [0.15, 0.2) is 54.2 Å². The van der Waals surface area contributed by atoms with E-state index in [0.29, 0.717) is 0 Å². The molecular formula is C20H18N4S. The van der Waals surface area contributed by atoms with Crippen molar-refractivity contribution in [3.8, 4) is 10.7 Å². The van der Waals surface area contributed by atoms with Gasteiger partial charge in [-0.2, -0.15) is 0 Å². The molecule has 124 valence electrons.